The topological polar surface area (TPSA) is 50.6 Å². The standard InChI is InChI=1S/C33H38N4O2/c1-35(23-28-11-5-2-6-12-28)32(38)21-33(27-39-31-15-9-4-10-16-31)17-19-36(20-18-33)24-30-22-34-37(26-30)25-29-13-7-3-8-14-29/h2-16,22,26H,17-21,23-25,27H2,1H3. The molecule has 1 fully saturated rings. The van der Waals surface area contributed by atoms with Crippen molar-refractivity contribution in [2.24, 2.45) is 5.41 Å². The van der Waals surface area contributed by atoms with Crippen molar-refractivity contribution < 1.29 is 9.53 Å². The van der Waals surface area contributed by atoms with E-state index in [1.165, 1.54) is 11.1 Å². The minimum absolute atomic E-state index is 0.172. The van der Waals surface area contributed by atoms with Crippen LogP contribution in [-0.4, -0.2) is 52.2 Å². The molecule has 0 atom stereocenters. The van der Waals surface area contributed by atoms with Gasteiger partial charge in [-0.1, -0.05) is 78.9 Å². The van der Waals surface area contributed by atoms with Gasteiger partial charge in [-0.3, -0.25) is 14.4 Å². The van der Waals surface area contributed by atoms with Crippen LogP contribution >= 0.6 is 0 Å². The largest absolute Gasteiger partial charge is 0.493 e. The number of hydrogen-bond acceptors (Lipinski definition) is 4. The number of carbonyl (C=O) groups is 1. The monoisotopic (exact) mass is 522 g/mol. The Bertz CT molecular complexity index is 1300. The molecule has 0 saturated carbocycles. The van der Waals surface area contributed by atoms with Crippen molar-refractivity contribution >= 4 is 5.91 Å². The predicted molar refractivity (Wildman–Crippen MR) is 154 cm³/mol. The van der Waals surface area contributed by atoms with E-state index < -0.39 is 0 Å². The first-order chi connectivity index (χ1) is 19.1. The van der Waals surface area contributed by atoms with E-state index in [9.17, 15) is 4.79 Å². The van der Waals surface area contributed by atoms with Crippen molar-refractivity contribution in [3.63, 3.8) is 0 Å². The molecule has 5 rings (SSSR count). The summed E-state index contributed by atoms with van der Waals surface area (Å²) < 4.78 is 8.27. The average molecular weight is 523 g/mol. The highest BCUT2D eigenvalue weighted by Gasteiger charge is 2.38. The van der Waals surface area contributed by atoms with Gasteiger partial charge < -0.3 is 9.64 Å². The van der Waals surface area contributed by atoms with E-state index in [1.807, 2.05) is 77.4 Å². The summed E-state index contributed by atoms with van der Waals surface area (Å²) in [6, 6.07) is 30.5. The van der Waals surface area contributed by atoms with Crippen molar-refractivity contribution in [2.45, 2.75) is 38.9 Å². The molecule has 0 aliphatic carbocycles. The number of benzene rings is 3. The van der Waals surface area contributed by atoms with Crippen molar-refractivity contribution in [1.29, 1.82) is 0 Å². The molecule has 1 amide bonds. The number of piperidine rings is 1. The number of ether oxygens (including phenoxy) is 1. The number of amides is 1. The molecule has 1 saturated heterocycles. The first-order valence-electron chi connectivity index (χ1n) is 13.8. The SMILES string of the molecule is CN(Cc1ccccc1)C(=O)CC1(COc2ccccc2)CCN(Cc2cnn(Cc3ccccc3)c2)CC1. The fourth-order valence-corrected chi connectivity index (χ4v) is 5.32. The van der Waals surface area contributed by atoms with Crippen molar-refractivity contribution in [3.8, 4) is 5.75 Å². The molecule has 6 heteroatoms. The second-order valence-electron chi connectivity index (χ2n) is 10.8. The van der Waals surface area contributed by atoms with E-state index >= 15 is 0 Å². The molecule has 1 aliphatic heterocycles. The molecule has 6 nitrogen and oxygen atoms in total. The molecule has 2 heterocycles. The zero-order valence-electron chi connectivity index (χ0n) is 22.8. The van der Waals surface area contributed by atoms with Gasteiger partial charge in [-0.25, -0.2) is 0 Å². The smallest absolute Gasteiger partial charge is 0.223 e. The first-order valence-corrected chi connectivity index (χ1v) is 13.8. The summed E-state index contributed by atoms with van der Waals surface area (Å²) in [6.07, 6.45) is 6.46. The lowest BCUT2D eigenvalue weighted by Crippen LogP contribution is -2.45. The van der Waals surface area contributed by atoms with Crippen LogP contribution in [-0.2, 0) is 24.4 Å². The van der Waals surface area contributed by atoms with Crippen LogP contribution in [0.25, 0.3) is 0 Å². The number of aromatic nitrogens is 2. The molecule has 4 aromatic rings. The van der Waals surface area contributed by atoms with Gasteiger partial charge in [-0.05, 0) is 49.2 Å². The van der Waals surface area contributed by atoms with Crippen LogP contribution in [0.15, 0.2) is 103 Å². The van der Waals surface area contributed by atoms with Crippen LogP contribution in [0.2, 0.25) is 0 Å². The quantitative estimate of drug-likeness (QED) is 0.256. The summed E-state index contributed by atoms with van der Waals surface area (Å²) >= 11 is 0. The summed E-state index contributed by atoms with van der Waals surface area (Å²) in [5.74, 6) is 1.03. The second-order valence-corrected chi connectivity index (χ2v) is 10.8. The van der Waals surface area contributed by atoms with Gasteiger partial charge in [0.15, 0.2) is 0 Å². The fraction of sp³-hybridized carbons (Fsp3) is 0.333. The summed E-state index contributed by atoms with van der Waals surface area (Å²) in [4.78, 5) is 17.7. The van der Waals surface area contributed by atoms with Crippen LogP contribution in [0, 0.1) is 5.41 Å². The molecular weight excluding hydrogens is 484 g/mol. The third-order valence-corrected chi connectivity index (χ3v) is 7.70. The molecule has 0 radical (unpaired) electrons. The molecule has 0 N–H and O–H groups in total. The summed E-state index contributed by atoms with van der Waals surface area (Å²) in [7, 11) is 1.91. The second kappa shape index (κ2) is 12.8. The maximum absolute atomic E-state index is 13.4. The first kappa shape index (κ1) is 26.7. The molecule has 202 valence electrons. The normalized spacial score (nSPS) is 15.1. The van der Waals surface area contributed by atoms with Gasteiger partial charge >= 0.3 is 0 Å². The number of nitrogens with zero attached hydrogens (tertiary/aromatic N) is 4. The highest BCUT2D eigenvalue weighted by Crippen LogP contribution is 2.37. The van der Waals surface area contributed by atoms with Gasteiger partial charge in [-0.15, -0.1) is 0 Å². The lowest BCUT2D eigenvalue weighted by atomic mass is 9.75. The molecule has 1 aromatic heterocycles. The summed E-state index contributed by atoms with van der Waals surface area (Å²) in [5, 5.41) is 4.58. The zero-order chi connectivity index (χ0) is 26.9. The summed E-state index contributed by atoms with van der Waals surface area (Å²) in [5.41, 5.74) is 3.42. The lowest BCUT2D eigenvalue weighted by molar-refractivity contribution is -0.134. The Hall–Kier alpha value is -3.90. The molecule has 0 unspecified atom stereocenters. The number of para-hydroxylation sites is 1. The van der Waals surface area contributed by atoms with E-state index in [2.05, 4.69) is 52.6 Å². The van der Waals surface area contributed by atoms with E-state index in [4.69, 9.17) is 4.74 Å². The number of likely N-dealkylation sites (tertiary alicyclic amines) is 1. The Morgan fingerprint density at radius 2 is 1.46 bits per heavy atom. The van der Waals surface area contributed by atoms with Gasteiger partial charge in [0.25, 0.3) is 0 Å². The number of hydrogen-bond donors (Lipinski definition) is 0. The Kier molecular flexibility index (Phi) is 8.74. The van der Waals surface area contributed by atoms with Gasteiger partial charge in [0.2, 0.25) is 5.91 Å². The van der Waals surface area contributed by atoms with Crippen LogP contribution in [0.3, 0.4) is 0 Å². The van der Waals surface area contributed by atoms with Crippen LogP contribution in [0.1, 0.15) is 36.0 Å². The van der Waals surface area contributed by atoms with Crippen LogP contribution in [0.5, 0.6) is 5.75 Å². The third kappa shape index (κ3) is 7.58. The van der Waals surface area contributed by atoms with E-state index in [1.54, 1.807) is 0 Å². The maximum Gasteiger partial charge on any atom is 0.223 e. The number of carbonyl (C=O) groups excluding carboxylic acids is 1. The third-order valence-electron chi connectivity index (χ3n) is 7.70. The number of rotatable bonds is 11. The van der Waals surface area contributed by atoms with Gasteiger partial charge in [-0.2, -0.15) is 5.10 Å². The molecular formula is C33H38N4O2. The van der Waals surface area contributed by atoms with Crippen molar-refractivity contribution in [2.75, 3.05) is 26.7 Å². The molecule has 3 aromatic carbocycles. The maximum atomic E-state index is 13.4. The predicted octanol–water partition coefficient (Wildman–Crippen LogP) is 5.64. The Labute approximate surface area is 231 Å². The van der Waals surface area contributed by atoms with Crippen molar-refractivity contribution in [3.05, 3.63) is 120 Å². The molecule has 1 aliphatic rings. The minimum atomic E-state index is -0.189. The Balaban J connectivity index is 1.20. The molecule has 0 spiro atoms. The van der Waals surface area contributed by atoms with E-state index in [-0.39, 0.29) is 11.3 Å². The Morgan fingerprint density at radius 3 is 2.13 bits per heavy atom. The highest BCUT2D eigenvalue weighted by atomic mass is 16.5. The highest BCUT2D eigenvalue weighted by molar-refractivity contribution is 5.76. The van der Waals surface area contributed by atoms with Gasteiger partial charge in [0, 0.05) is 43.7 Å². The molecule has 0 bridgehead atoms. The van der Waals surface area contributed by atoms with E-state index in [0.717, 1.165) is 50.3 Å². The van der Waals surface area contributed by atoms with E-state index in [0.29, 0.717) is 19.6 Å². The van der Waals surface area contributed by atoms with Crippen LogP contribution in [0.4, 0.5) is 0 Å². The summed E-state index contributed by atoms with van der Waals surface area (Å²) in [6.45, 7) is 4.67. The Morgan fingerprint density at radius 1 is 0.846 bits per heavy atom. The zero-order valence-corrected chi connectivity index (χ0v) is 22.8. The van der Waals surface area contributed by atoms with Gasteiger partial charge in [0.1, 0.15) is 5.75 Å². The lowest BCUT2D eigenvalue weighted by Gasteiger charge is -2.41. The van der Waals surface area contributed by atoms with Gasteiger partial charge in [0.05, 0.1) is 19.3 Å². The van der Waals surface area contributed by atoms with Crippen LogP contribution < -0.4 is 4.74 Å². The average Bonchev–Trinajstić information content (AvgIpc) is 3.41. The van der Waals surface area contributed by atoms with Crippen molar-refractivity contribution in [1.82, 2.24) is 19.6 Å². The minimum Gasteiger partial charge on any atom is -0.493 e. The molecule has 39 heavy (non-hydrogen) atoms. The fourth-order valence-electron chi connectivity index (χ4n) is 5.32.